The first kappa shape index (κ1) is 31.7. The number of piperazine rings is 1. The lowest BCUT2D eigenvalue weighted by molar-refractivity contribution is -0.322. The van der Waals surface area contributed by atoms with Crippen molar-refractivity contribution >= 4 is 67.1 Å². The van der Waals surface area contributed by atoms with Crippen molar-refractivity contribution in [3.8, 4) is 0 Å². The number of nitrogens with one attached hydrogen (secondary N) is 2. The van der Waals surface area contributed by atoms with Crippen LogP contribution in [-0.4, -0.2) is 92.4 Å². The fourth-order valence-electron chi connectivity index (χ4n) is 8.15. The van der Waals surface area contributed by atoms with E-state index in [2.05, 4.69) is 43.3 Å². The Morgan fingerprint density at radius 1 is 1.25 bits per heavy atom. The van der Waals surface area contributed by atoms with Crippen LogP contribution in [0.25, 0.3) is 16.5 Å². The van der Waals surface area contributed by atoms with Gasteiger partial charge in [-0.05, 0) is 77.3 Å². The maximum atomic E-state index is 14.4. The van der Waals surface area contributed by atoms with Gasteiger partial charge in [0.2, 0.25) is 17.5 Å². The number of nitrogens with zero attached hydrogens (tertiary/aromatic N) is 3. The fourth-order valence-corrected chi connectivity index (χ4v) is 8.72. The summed E-state index contributed by atoms with van der Waals surface area (Å²) in [5.41, 5.74) is 2.68. The van der Waals surface area contributed by atoms with E-state index in [1.54, 1.807) is 18.7 Å². The van der Waals surface area contributed by atoms with E-state index in [1.807, 2.05) is 33.0 Å². The monoisotopic (exact) mass is 733 g/mol. The number of hydrogen-bond donors (Lipinski definition) is 3. The van der Waals surface area contributed by atoms with Crippen molar-refractivity contribution in [3.63, 3.8) is 0 Å². The van der Waals surface area contributed by atoms with E-state index in [9.17, 15) is 19.5 Å². The molecule has 238 valence electrons. The van der Waals surface area contributed by atoms with Crippen LogP contribution in [0.2, 0.25) is 0 Å². The highest BCUT2D eigenvalue weighted by Gasteiger charge is 2.72. The van der Waals surface area contributed by atoms with Crippen LogP contribution in [0, 0.1) is 17.8 Å². The number of aliphatic hydroxyl groups is 1. The van der Waals surface area contributed by atoms with Gasteiger partial charge in [0.05, 0.1) is 10.5 Å². The Labute approximate surface area is 276 Å². The summed E-state index contributed by atoms with van der Waals surface area (Å²) in [5, 5.41) is 16.3. The Hall–Kier alpha value is -2.25. The second-order valence-corrected chi connectivity index (χ2v) is 14.5. The lowest BCUT2D eigenvalue weighted by Gasteiger charge is -2.49. The van der Waals surface area contributed by atoms with Crippen LogP contribution in [0.15, 0.2) is 28.9 Å². The first-order valence-electron chi connectivity index (χ1n) is 15.5. The van der Waals surface area contributed by atoms with Crippen LogP contribution in [0.3, 0.4) is 0 Å². The fraction of sp³-hybridized carbons (Fsp3) is 0.594. The molecule has 0 unspecified atom stereocenters. The van der Waals surface area contributed by atoms with Crippen molar-refractivity contribution in [1.29, 1.82) is 0 Å². The molecule has 12 heteroatoms. The van der Waals surface area contributed by atoms with E-state index in [1.165, 1.54) is 15.8 Å². The van der Waals surface area contributed by atoms with Crippen LogP contribution in [0.5, 0.6) is 0 Å². The molecule has 3 amide bonds. The molecule has 0 spiro atoms. The number of rotatable bonds is 5. The number of hydrogen-bond acceptors (Lipinski definition) is 6. The van der Waals surface area contributed by atoms with Crippen molar-refractivity contribution in [1.82, 2.24) is 25.0 Å². The number of carbonyl (C=O) groups is 3. The molecule has 5 aliphatic rings. The maximum Gasteiger partial charge on any atom is 0.281 e. The van der Waals surface area contributed by atoms with Crippen LogP contribution in [-0.2, 0) is 25.5 Å². The average molecular weight is 736 g/mol. The minimum atomic E-state index is -2.01. The smallest absolute Gasteiger partial charge is 0.281 e. The van der Waals surface area contributed by atoms with Gasteiger partial charge in [-0.2, -0.15) is 0 Å². The normalized spacial score (nSPS) is 33.0. The summed E-state index contributed by atoms with van der Waals surface area (Å²) in [6.07, 6.45) is 4.49. The maximum absolute atomic E-state index is 14.4. The predicted octanol–water partition coefficient (Wildman–Crippen LogP) is 3.77. The number of fused-ring (bicyclic) bond motifs is 5. The molecule has 10 nitrogen and oxygen atoms in total. The molecule has 1 aromatic carbocycles. The highest BCUT2D eigenvalue weighted by Crippen LogP contribution is 2.49. The first-order valence-corrected chi connectivity index (χ1v) is 16.3. The summed E-state index contributed by atoms with van der Waals surface area (Å²) in [6.45, 7) is 8.57. The molecule has 1 aromatic heterocycles. The third-order valence-electron chi connectivity index (χ3n) is 10.3. The largest absolute Gasteiger partial charge is 0.349 e. The molecule has 5 heterocycles. The third-order valence-corrected chi connectivity index (χ3v) is 10.9. The van der Waals surface area contributed by atoms with Gasteiger partial charge in [0.25, 0.3) is 11.8 Å². The summed E-state index contributed by atoms with van der Waals surface area (Å²) >= 11 is 3.70. The van der Waals surface area contributed by atoms with E-state index in [4.69, 9.17) is 4.74 Å². The standard InChI is InChI=1S/C32H40BrN5O5.BrH/c1-16(2)12-24-29(40)37-11-7-10-25(37)32(42)38(24)30(41)31(43-32,17(3)4)35-28(39)18-13-20-19-8-6-9-22-26(19)21(27(33)34-22)14-23(20)36(5)15-18;/h6,8-9,13,16-18,23-25,34,42H,7,10-12,14-15H2,1-5H3,(H,35,39);1H/t18-,23-,24+,25+,31-,32+;/m1./s1. The SMILES string of the molecule is Br.CC(C)C[C@H]1C(=O)N2CCC[C@H]2[C@]2(O)O[C@](NC(=O)[C@@H]3C=C4c5cccc6[nH]c(Br)c(c56)C[C@H]4N(C)C3)(C(C)C)C(=O)N12. The zero-order valence-corrected chi connectivity index (χ0v) is 29.0. The summed E-state index contributed by atoms with van der Waals surface area (Å²) in [4.78, 5) is 50.8. The molecule has 3 saturated heterocycles. The minimum Gasteiger partial charge on any atom is -0.349 e. The molecule has 1 aliphatic carbocycles. The van der Waals surface area contributed by atoms with E-state index in [0.717, 1.165) is 34.1 Å². The van der Waals surface area contributed by atoms with Gasteiger partial charge in [-0.15, -0.1) is 17.0 Å². The highest BCUT2D eigenvalue weighted by atomic mass is 79.9. The predicted molar refractivity (Wildman–Crippen MR) is 174 cm³/mol. The van der Waals surface area contributed by atoms with Gasteiger partial charge in [0.1, 0.15) is 12.1 Å². The molecule has 7 rings (SSSR count). The molecule has 4 aliphatic heterocycles. The Balaban J connectivity index is 0.00000343. The Bertz CT molecular complexity index is 1570. The van der Waals surface area contributed by atoms with E-state index < -0.39 is 41.5 Å². The average Bonchev–Trinajstić information content (AvgIpc) is 3.63. The van der Waals surface area contributed by atoms with Gasteiger partial charge in [-0.25, -0.2) is 0 Å². The van der Waals surface area contributed by atoms with Crippen LogP contribution in [0.1, 0.15) is 58.1 Å². The molecule has 3 N–H and O–H groups in total. The zero-order valence-electron chi connectivity index (χ0n) is 25.7. The van der Waals surface area contributed by atoms with Crippen molar-refractivity contribution in [2.75, 3.05) is 20.1 Å². The van der Waals surface area contributed by atoms with Crippen molar-refractivity contribution in [3.05, 3.63) is 40.0 Å². The second-order valence-electron chi connectivity index (χ2n) is 13.7. The molecule has 44 heavy (non-hydrogen) atoms. The number of amides is 3. The zero-order chi connectivity index (χ0) is 30.6. The lowest BCUT2D eigenvalue weighted by Crippen LogP contribution is -2.71. The molecule has 3 fully saturated rings. The van der Waals surface area contributed by atoms with Gasteiger partial charge < -0.3 is 20.3 Å². The number of likely N-dealkylation sites (N-methyl/N-ethyl adjacent to an activating group) is 1. The number of halogens is 2. The van der Waals surface area contributed by atoms with E-state index in [-0.39, 0.29) is 40.8 Å². The second kappa shape index (κ2) is 10.9. The summed E-state index contributed by atoms with van der Waals surface area (Å²) in [5.74, 6) is -4.01. The molecule has 6 atom stereocenters. The number of H-pyrrole nitrogens is 1. The summed E-state index contributed by atoms with van der Waals surface area (Å²) in [7, 11) is 2.03. The number of ether oxygens (including phenoxy) is 1. The van der Waals surface area contributed by atoms with Gasteiger partial charge in [-0.1, -0.05) is 45.9 Å². The Morgan fingerprint density at radius 3 is 2.70 bits per heavy atom. The Kier molecular flexibility index (Phi) is 7.88. The number of aromatic amines is 1. The topological polar surface area (TPSA) is 118 Å². The number of carbonyl (C=O) groups excluding carboxylic acids is 3. The Morgan fingerprint density at radius 2 is 2.00 bits per heavy atom. The molecule has 2 aromatic rings. The van der Waals surface area contributed by atoms with Gasteiger partial charge in [0, 0.05) is 36.0 Å². The van der Waals surface area contributed by atoms with Crippen LogP contribution < -0.4 is 5.32 Å². The van der Waals surface area contributed by atoms with Crippen molar-refractivity contribution in [2.45, 2.75) is 83.1 Å². The summed E-state index contributed by atoms with van der Waals surface area (Å²) in [6, 6.07) is 4.76. The first-order chi connectivity index (χ1) is 20.4. The molecule has 0 saturated carbocycles. The van der Waals surface area contributed by atoms with Gasteiger partial charge >= 0.3 is 0 Å². The number of benzene rings is 1. The van der Waals surface area contributed by atoms with Gasteiger partial charge in [-0.3, -0.25) is 28.9 Å². The van der Waals surface area contributed by atoms with Crippen LogP contribution in [0.4, 0.5) is 0 Å². The number of aromatic nitrogens is 1. The van der Waals surface area contributed by atoms with Gasteiger partial charge in [0.15, 0.2) is 0 Å². The van der Waals surface area contributed by atoms with Crippen molar-refractivity contribution < 1.29 is 24.2 Å². The molecule has 0 radical (unpaired) electrons. The van der Waals surface area contributed by atoms with Crippen molar-refractivity contribution in [2.24, 2.45) is 17.8 Å². The summed E-state index contributed by atoms with van der Waals surface area (Å²) < 4.78 is 7.43. The van der Waals surface area contributed by atoms with Crippen LogP contribution >= 0.6 is 32.9 Å². The molecular formula is C32H41Br2N5O5. The highest BCUT2D eigenvalue weighted by molar-refractivity contribution is 9.10. The lowest BCUT2D eigenvalue weighted by atomic mass is 9.79. The quantitative estimate of drug-likeness (QED) is 0.431. The molecule has 0 bridgehead atoms. The molecular weight excluding hydrogens is 694 g/mol. The van der Waals surface area contributed by atoms with E-state index in [0.29, 0.717) is 25.9 Å². The minimum absolute atomic E-state index is 0. The van der Waals surface area contributed by atoms with E-state index >= 15 is 0 Å². The third kappa shape index (κ3) is 4.38.